The predicted molar refractivity (Wildman–Crippen MR) is 70.0 cm³/mol. The number of nitrogens with one attached hydrogen (secondary N) is 1. The standard InChI is InChI=1S/C14H29N/c1-3-5-6-7-8-9-10-11-12-13-14-15-4-2/h4,15H,2-3,5-14H2,1H3. The first-order valence-electron chi connectivity index (χ1n) is 6.76. The Hall–Kier alpha value is -0.460. The van der Waals surface area contributed by atoms with E-state index < -0.39 is 0 Å². The summed E-state index contributed by atoms with van der Waals surface area (Å²) in [6.45, 7) is 7.00. The second kappa shape index (κ2) is 13.5. The molecule has 0 fully saturated rings. The minimum Gasteiger partial charge on any atom is -0.391 e. The molecule has 0 bridgehead atoms. The summed E-state index contributed by atoms with van der Waals surface area (Å²) in [5.41, 5.74) is 0. The van der Waals surface area contributed by atoms with Crippen molar-refractivity contribution in [3.05, 3.63) is 12.8 Å². The summed E-state index contributed by atoms with van der Waals surface area (Å²) in [5.74, 6) is 0. The monoisotopic (exact) mass is 211 g/mol. The van der Waals surface area contributed by atoms with Crippen LogP contribution in [-0.4, -0.2) is 6.54 Å². The summed E-state index contributed by atoms with van der Waals surface area (Å²) < 4.78 is 0. The summed E-state index contributed by atoms with van der Waals surface area (Å²) in [7, 11) is 0. The van der Waals surface area contributed by atoms with Crippen molar-refractivity contribution in [1.82, 2.24) is 5.32 Å². The maximum Gasteiger partial charge on any atom is 0.0141 e. The summed E-state index contributed by atoms with van der Waals surface area (Å²) in [5, 5.41) is 3.14. The molecule has 0 aromatic heterocycles. The highest BCUT2D eigenvalue weighted by molar-refractivity contribution is 4.62. The molecule has 0 saturated carbocycles. The molecule has 0 aliphatic heterocycles. The number of unbranched alkanes of at least 4 members (excludes halogenated alkanes) is 9. The molecule has 0 aromatic rings. The molecular weight excluding hydrogens is 182 g/mol. The Kier molecular flexibility index (Phi) is 13.1. The zero-order valence-electron chi connectivity index (χ0n) is 10.6. The van der Waals surface area contributed by atoms with Gasteiger partial charge in [0.05, 0.1) is 0 Å². The maximum absolute atomic E-state index is 3.63. The molecule has 0 rings (SSSR count). The number of hydrogen-bond acceptors (Lipinski definition) is 1. The normalized spacial score (nSPS) is 10.2. The van der Waals surface area contributed by atoms with Crippen molar-refractivity contribution in [3.8, 4) is 0 Å². The third-order valence-corrected chi connectivity index (χ3v) is 2.82. The molecule has 0 aliphatic carbocycles. The minimum atomic E-state index is 1.10. The van der Waals surface area contributed by atoms with Crippen LogP contribution in [0, 0.1) is 0 Å². The van der Waals surface area contributed by atoms with Gasteiger partial charge in [0, 0.05) is 6.54 Å². The van der Waals surface area contributed by atoms with Crippen molar-refractivity contribution < 1.29 is 0 Å². The molecule has 0 heterocycles. The Bertz CT molecular complexity index is 121. The molecule has 0 amide bonds. The van der Waals surface area contributed by atoms with Crippen molar-refractivity contribution in [3.63, 3.8) is 0 Å². The number of hydrogen-bond donors (Lipinski definition) is 1. The fourth-order valence-electron chi connectivity index (χ4n) is 1.82. The Labute approximate surface area is 96.3 Å². The van der Waals surface area contributed by atoms with E-state index in [2.05, 4.69) is 18.8 Å². The van der Waals surface area contributed by atoms with Crippen LogP contribution >= 0.6 is 0 Å². The van der Waals surface area contributed by atoms with Crippen molar-refractivity contribution in [1.29, 1.82) is 0 Å². The van der Waals surface area contributed by atoms with Crippen LogP contribution in [0.15, 0.2) is 12.8 Å². The van der Waals surface area contributed by atoms with Crippen LogP contribution in [0.2, 0.25) is 0 Å². The first-order chi connectivity index (χ1) is 7.41. The highest BCUT2D eigenvalue weighted by Gasteiger charge is 1.91. The lowest BCUT2D eigenvalue weighted by molar-refractivity contribution is 0.553. The van der Waals surface area contributed by atoms with Gasteiger partial charge in [-0.25, -0.2) is 0 Å². The highest BCUT2D eigenvalue weighted by Crippen LogP contribution is 2.10. The second-order valence-corrected chi connectivity index (χ2v) is 4.34. The fourth-order valence-corrected chi connectivity index (χ4v) is 1.82. The maximum atomic E-state index is 3.63. The molecule has 90 valence electrons. The summed E-state index contributed by atoms with van der Waals surface area (Å²) in [6, 6.07) is 0. The van der Waals surface area contributed by atoms with Crippen molar-refractivity contribution in [2.75, 3.05) is 6.54 Å². The molecule has 0 unspecified atom stereocenters. The first-order valence-corrected chi connectivity index (χ1v) is 6.76. The molecule has 1 heteroatoms. The van der Waals surface area contributed by atoms with Crippen molar-refractivity contribution in [2.45, 2.75) is 71.1 Å². The molecule has 15 heavy (non-hydrogen) atoms. The van der Waals surface area contributed by atoms with Gasteiger partial charge in [0.2, 0.25) is 0 Å². The molecule has 0 aliphatic rings. The van der Waals surface area contributed by atoms with Crippen molar-refractivity contribution >= 4 is 0 Å². The van der Waals surface area contributed by atoms with E-state index in [0.29, 0.717) is 0 Å². The van der Waals surface area contributed by atoms with Crippen LogP contribution in [0.4, 0.5) is 0 Å². The van der Waals surface area contributed by atoms with E-state index in [4.69, 9.17) is 0 Å². The SMILES string of the molecule is C=CNCCCCCCCCCCCC. The lowest BCUT2D eigenvalue weighted by atomic mass is 10.1. The minimum absolute atomic E-state index is 1.10. The molecular formula is C14H29N. The van der Waals surface area contributed by atoms with E-state index in [9.17, 15) is 0 Å². The van der Waals surface area contributed by atoms with Gasteiger partial charge in [-0.3, -0.25) is 0 Å². The van der Waals surface area contributed by atoms with Gasteiger partial charge in [-0.15, -0.1) is 0 Å². The molecule has 1 nitrogen and oxygen atoms in total. The summed E-state index contributed by atoms with van der Waals surface area (Å²) in [4.78, 5) is 0. The molecule has 0 radical (unpaired) electrons. The molecule has 0 aromatic carbocycles. The van der Waals surface area contributed by atoms with Crippen LogP contribution in [0.1, 0.15) is 71.1 Å². The molecule has 0 saturated heterocycles. The molecule has 0 atom stereocenters. The molecule has 1 N–H and O–H groups in total. The zero-order valence-corrected chi connectivity index (χ0v) is 10.6. The van der Waals surface area contributed by atoms with Gasteiger partial charge in [-0.2, -0.15) is 0 Å². The smallest absolute Gasteiger partial charge is 0.0141 e. The van der Waals surface area contributed by atoms with Crippen LogP contribution in [-0.2, 0) is 0 Å². The van der Waals surface area contributed by atoms with Gasteiger partial charge in [0.15, 0.2) is 0 Å². The zero-order chi connectivity index (χ0) is 11.2. The summed E-state index contributed by atoms with van der Waals surface area (Å²) in [6.07, 6.45) is 15.9. The lowest BCUT2D eigenvalue weighted by Gasteiger charge is -2.02. The Morgan fingerprint density at radius 3 is 1.73 bits per heavy atom. The van der Waals surface area contributed by atoms with E-state index in [1.54, 1.807) is 6.20 Å². The van der Waals surface area contributed by atoms with E-state index in [0.717, 1.165) is 6.54 Å². The lowest BCUT2D eigenvalue weighted by Crippen LogP contribution is -2.05. The van der Waals surface area contributed by atoms with Gasteiger partial charge in [-0.05, 0) is 12.6 Å². The Balaban J connectivity index is 2.83. The quantitative estimate of drug-likeness (QED) is 0.464. The van der Waals surface area contributed by atoms with Crippen molar-refractivity contribution in [2.24, 2.45) is 0 Å². The van der Waals surface area contributed by atoms with Gasteiger partial charge >= 0.3 is 0 Å². The van der Waals surface area contributed by atoms with Crippen LogP contribution < -0.4 is 5.32 Å². The van der Waals surface area contributed by atoms with Gasteiger partial charge in [0.25, 0.3) is 0 Å². The van der Waals surface area contributed by atoms with Crippen LogP contribution in [0.3, 0.4) is 0 Å². The highest BCUT2D eigenvalue weighted by atomic mass is 14.8. The van der Waals surface area contributed by atoms with E-state index in [1.807, 2.05) is 0 Å². The van der Waals surface area contributed by atoms with E-state index in [1.165, 1.54) is 64.2 Å². The van der Waals surface area contributed by atoms with Crippen LogP contribution in [0.25, 0.3) is 0 Å². The van der Waals surface area contributed by atoms with E-state index >= 15 is 0 Å². The molecule has 0 spiro atoms. The second-order valence-electron chi connectivity index (χ2n) is 4.34. The topological polar surface area (TPSA) is 12.0 Å². The van der Waals surface area contributed by atoms with Gasteiger partial charge in [-0.1, -0.05) is 71.3 Å². The van der Waals surface area contributed by atoms with Gasteiger partial charge in [0.1, 0.15) is 0 Å². The van der Waals surface area contributed by atoms with Gasteiger partial charge < -0.3 is 5.32 Å². The first kappa shape index (κ1) is 14.5. The van der Waals surface area contributed by atoms with Crippen LogP contribution in [0.5, 0.6) is 0 Å². The average molecular weight is 211 g/mol. The Morgan fingerprint density at radius 2 is 1.27 bits per heavy atom. The average Bonchev–Trinajstić information content (AvgIpc) is 2.26. The van der Waals surface area contributed by atoms with E-state index in [-0.39, 0.29) is 0 Å². The fraction of sp³-hybridized carbons (Fsp3) is 0.857. The third-order valence-electron chi connectivity index (χ3n) is 2.82. The Morgan fingerprint density at radius 1 is 0.800 bits per heavy atom. The largest absolute Gasteiger partial charge is 0.391 e. The summed E-state index contributed by atoms with van der Waals surface area (Å²) >= 11 is 0. The predicted octanol–water partition coefficient (Wildman–Crippen LogP) is 4.64. The number of rotatable bonds is 12. The third kappa shape index (κ3) is 13.5.